The van der Waals surface area contributed by atoms with E-state index in [2.05, 4.69) is 69.3 Å². The summed E-state index contributed by atoms with van der Waals surface area (Å²) in [6.45, 7) is 9.29. The van der Waals surface area contributed by atoms with E-state index in [0.29, 0.717) is 0 Å². The third-order valence-corrected chi connectivity index (χ3v) is 11.5. The Balaban J connectivity index is 2.21. The quantitative estimate of drug-likeness (QED) is 0.0476. The van der Waals surface area contributed by atoms with E-state index in [1.54, 1.807) is 5.57 Å². The lowest BCUT2D eigenvalue weighted by Crippen LogP contribution is -2.32. The van der Waals surface area contributed by atoms with Crippen LogP contribution in [0.4, 0.5) is 0 Å². The third kappa shape index (κ3) is 29.2. The Morgan fingerprint density at radius 2 is 0.878 bits per heavy atom. The van der Waals surface area contributed by atoms with Gasteiger partial charge >= 0.3 is 0 Å². The third-order valence-electron chi connectivity index (χ3n) is 11.5. The molecule has 1 rings (SSSR count). The lowest BCUT2D eigenvalue weighted by Gasteiger charge is -2.34. The van der Waals surface area contributed by atoms with Gasteiger partial charge in [-0.25, -0.2) is 0 Å². The summed E-state index contributed by atoms with van der Waals surface area (Å²) in [6, 6.07) is 0.791. The Morgan fingerprint density at radius 1 is 0.510 bits per heavy atom. The molecule has 1 heteroatoms. The molecule has 0 radical (unpaired) electrons. The van der Waals surface area contributed by atoms with E-state index in [0.717, 1.165) is 24.3 Å². The Bertz CT molecular complexity index is 779. The van der Waals surface area contributed by atoms with Crippen molar-refractivity contribution in [2.75, 3.05) is 14.1 Å². The van der Waals surface area contributed by atoms with E-state index in [4.69, 9.17) is 6.58 Å². The molecule has 0 heterocycles. The van der Waals surface area contributed by atoms with Crippen LogP contribution in [-0.2, 0) is 0 Å². The Hall–Kier alpha value is -1.08. The Labute approximate surface area is 310 Å². The van der Waals surface area contributed by atoms with Crippen molar-refractivity contribution >= 4 is 0 Å². The lowest BCUT2D eigenvalue weighted by atomic mass is 9.77. The molecule has 1 atom stereocenters. The standard InChI is InChI=1S/C48H89N/c1-6-8-10-12-14-16-18-20-22-24-26-28-30-32-34-36-38-46(44-45(3)47-40-42-48(43-41-47)49(4)5)39-37-35-33-31-29-27-25-23-21-19-17-15-13-11-9-7-2/h14,16,20-23,46-48H,3,6-13,15,17-19,24-44H2,1-2,4-5H3/b16-14-,22-20-,23-21-. The minimum absolute atomic E-state index is 0.786. The molecule has 1 saturated carbocycles. The monoisotopic (exact) mass is 680 g/mol. The second kappa shape index (κ2) is 35.3. The zero-order valence-corrected chi connectivity index (χ0v) is 34.2. The van der Waals surface area contributed by atoms with Gasteiger partial charge in [-0.05, 0) is 116 Å². The molecule has 0 aromatic heterocycles. The number of hydrogen-bond acceptors (Lipinski definition) is 1. The molecule has 49 heavy (non-hydrogen) atoms. The summed E-state index contributed by atoms with van der Waals surface area (Å²) in [4.78, 5) is 2.45. The largest absolute Gasteiger partial charge is 0.306 e. The van der Waals surface area contributed by atoms with Gasteiger partial charge in [-0.3, -0.25) is 0 Å². The number of rotatable bonds is 35. The van der Waals surface area contributed by atoms with Crippen LogP contribution >= 0.6 is 0 Å². The van der Waals surface area contributed by atoms with Crippen molar-refractivity contribution in [3.63, 3.8) is 0 Å². The predicted octanol–water partition coefficient (Wildman–Crippen LogP) is 16.3. The minimum Gasteiger partial charge on any atom is -0.306 e. The normalized spacial score (nSPS) is 17.7. The minimum atomic E-state index is 0.786. The summed E-state index contributed by atoms with van der Waals surface area (Å²) < 4.78 is 0. The fraction of sp³-hybridized carbons (Fsp3) is 0.833. The summed E-state index contributed by atoms with van der Waals surface area (Å²) in [5.74, 6) is 1.66. The average molecular weight is 680 g/mol. The summed E-state index contributed by atoms with van der Waals surface area (Å²) >= 11 is 0. The number of nitrogens with zero attached hydrogens (tertiary/aromatic N) is 1. The van der Waals surface area contributed by atoms with Gasteiger partial charge in [-0.1, -0.05) is 184 Å². The van der Waals surface area contributed by atoms with Crippen LogP contribution in [-0.4, -0.2) is 25.0 Å². The number of allylic oxidation sites excluding steroid dienone is 7. The van der Waals surface area contributed by atoms with Crippen LogP contribution in [0.3, 0.4) is 0 Å². The van der Waals surface area contributed by atoms with Gasteiger partial charge in [0.2, 0.25) is 0 Å². The molecular weight excluding hydrogens is 591 g/mol. The molecule has 0 amide bonds. The zero-order chi connectivity index (χ0) is 35.5. The second-order valence-electron chi connectivity index (χ2n) is 16.3. The molecule has 1 aliphatic rings. The first-order valence-electron chi connectivity index (χ1n) is 22.4. The van der Waals surface area contributed by atoms with Crippen LogP contribution in [0.2, 0.25) is 0 Å². The maximum absolute atomic E-state index is 4.71. The molecule has 1 nitrogen and oxygen atoms in total. The van der Waals surface area contributed by atoms with Crippen LogP contribution < -0.4 is 0 Å². The van der Waals surface area contributed by atoms with Crippen LogP contribution in [0.15, 0.2) is 48.6 Å². The van der Waals surface area contributed by atoms with Crippen LogP contribution in [0, 0.1) is 11.8 Å². The van der Waals surface area contributed by atoms with Crippen molar-refractivity contribution in [2.45, 2.75) is 232 Å². The average Bonchev–Trinajstić information content (AvgIpc) is 3.11. The molecule has 1 aliphatic carbocycles. The molecule has 0 bridgehead atoms. The van der Waals surface area contributed by atoms with Crippen molar-refractivity contribution in [1.82, 2.24) is 4.90 Å². The van der Waals surface area contributed by atoms with E-state index in [1.165, 1.54) is 205 Å². The van der Waals surface area contributed by atoms with Crippen LogP contribution in [0.25, 0.3) is 0 Å². The predicted molar refractivity (Wildman–Crippen MR) is 225 cm³/mol. The van der Waals surface area contributed by atoms with E-state index < -0.39 is 0 Å². The second-order valence-corrected chi connectivity index (χ2v) is 16.3. The Morgan fingerprint density at radius 3 is 1.33 bits per heavy atom. The molecule has 0 aromatic carbocycles. The maximum Gasteiger partial charge on any atom is 0.00895 e. The molecule has 0 aliphatic heterocycles. The molecule has 0 aromatic rings. The highest BCUT2D eigenvalue weighted by molar-refractivity contribution is 5.04. The SMILES string of the molecule is C=C(CC(CCCCCCCC/C=C\C/C=C\CCCCC)CCCCCCCC/C=C\CCCCCCCC)C1CCC(N(C)C)CC1. The van der Waals surface area contributed by atoms with Gasteiger partial charge in [0.15, 0.2) is 0 Å². The van der Waals surface area contributed by atoms with Gasteiger partial charge in [0.05, 0.1) is 0 Å². The van der Waals surface area contributed by atoms with E-state index >= 15 is 0 Å². The first-order valence-corrected chi connectivity index (χ1v) is 22.4. The van der Waals surface area contributed by atoms with E-state index in [-0.39, 0.29) is 0 Å². The number of hydrogen-bond donors (Lipinski definition) is 0. The van der Waals surface area contributed by atoms with E-state index in [9.17, 15) is 0 Å². The van der Waals surface area contributed by atoms with E-state index in [1.807, 2.05) is 0 Å². The maximum atomic E-state index is 4.71. The first kappa shape index (κ1) is 45.9. The first-order chi connectivity index (χ1) is 24.1. The summed E-state index contributed by atoms with van der Waals surface area (Å²) in [7, 11) is 4.52. The van der Waals surface area contributed by atoms with Gasteiger partial charge in [-0.15, -0.1) is 0 Å². The van der Waals surface area contributed by atoms with Gasteiger partial charge in [-0.2, -0.15) is 0 Å². The molecule has 1 unspecified atom stereocenters. The molecule has 1 fully saturated rings. The van der Waals surface area contributed by atoms with Gasteiger partial charge in [0.1, 0.15) is 0 Å². The van der Waals surface area contributed by atoms with Gasteiger partial charge in [0, 0.05) is 6.04 Å². The van der Waals surface area contributed by atoms with Crippen molar-refractivity contribution < 1.29 is 0 Å². The highest BCUT2D eigenvalue weighted by atomic mass is 15.1. The molecule has 0 spiro atoms. The number of unbranched alkanes of at least 4 members (excludes halogenated alkanes) is 21. The smallest absolute Gasteiger partial charge is 0.00895 e. The molecule has 0 N–H and O–H groups in total. The topological polar surface area (TPSA) is 3.24 Å². The van der Waals surface area contributed by atoms with Gasteiger partial charge < -0.3 is 4.90 Å². The van der Waals surface area contributed by atoms with Crippen LogP contribution in [0.1, 0.15) is 226 Å². The molecular formula is C48H89N. The van der Waals surface area contributed by atoms with Crippen LogP contribution in [0.5, 0.6) is 0 Å². The zero-order valence-electron chi connectivity index (χ0n) is 34.2. The fourth-order valence-electron chi connectivity index (χ4n) is 7.99. The lowest BCUT2D eigenvalue weighted by molar-refractivity contribution is 0.202. The fourth-order valence-corrected chi connectivity index (χ4v) is 7.99. The highest BCUT2D eigenvalue weighted by Crippen LogP contribution is 2.35. The summed E-state index contributed by atoms with van der Waals surface area (Å²) in [5.41, 5.74) is 1.60. The Kier molecular flexibility index (Phi) is 33.1. The summed E-state index contributed by atoms with van der Waals surface area (Å²) in [5, 5.41) is 0. The van der Waals surface area contributed by atoms with Crippen molar-refractivity contribution in [2.24, 2.45) is 11.8 Å². The molecule has 286 valence electrons. The van der Waals surface area contributed by atoms with Crippen molar-refractivity contribution in [3.05, 3.63) is 48.6 Å². The van der Waals surface area contributed by atoms with Crippen molar-refractivity contribution in [1.29, 1.82) is 0 Å². The summed E-state index contributed by atoms with van der Waals surface area (Å²) in [6.07, 6.45) is 59.9. The highest BCUT2D eigenvalue weighted by Gasteiger charge is 2.25. The van der Waals surface area contributed by atoms with Gasteiger partial charge in [0.25, 0.3) is 0 Å². The molecule has 0 saturated heterocycles. The van der Waals surface area contributed by atoms with Crippen molar-refractivity contribution in [3.8, 4) is 0 Å².